The second-order valence-electron chi connectivity index (χ2n) is 2.79. The van der Waals surface area contributed by atoms with E-state index in [1.807, 2.05) is 34.6 Å². The Morgan fingerprint density at radius 3 is 1.88 bits per heavy atom. The zero-order valence-electron chi connectivity index (χ0n) is 11.3. The predicted molar refractivity (Wildman–Crippen MR) is 71.1 cm³/mol. The molecule has 2 N–H and O–H groups in total. The van der Waals surface area contributed by atoms with E-state index in [4.69, 9.17) is 5.14 Å². The van der Waals surface area contributed by atoms with E-state index in [-0.39, 0.29) is 12.2 Å². The highest BCUT2D eigenvalue weighted by molar-refractivity contribution is 7.89. The molecule has 0 aliphatic heterocycles. The monoisotopic (exact) mass is 261 g/mol. The Balaban J connectivity index is 0. The number of sulfonamides is 1. The molecule has 0 atom stereocenters. The van der Waals surface area contributed by atoms with Crippen LogP contribution in [0.1, 0.15) is 39.1 Å². The third-order valence-electron chi connectivity index (χ3n) is 1.44. The van der Waals surface area contributed by atoms with Crippen LogP contribution in [0.2, 0.25) is 0 Å². The molecule has 5 nitrogen and oxygen atoms in total. The first-order valence-electron chi connectivity index (χ1n) is 5.75. The van der Waals surface area contributed by atoms with Gasteiger partial charge in [0.15, 0.2) is 0 Å². The smallest absolute Gasteiger partial charge is 0.209 e. The molecule has 1 heterocycles. The molecule has 0 aromatic carbocycles. The molecule has 100 valence electrons. The van der Waals surface area contributed by atoms with Gasteiger partial charge < -0.3 is 0 Å². The number of aryl methyl sites for hydroxylation is 2. The van der Waals surface area contributed by atoms with Crippen molar-refractivity contribution in [2.75, 3.05) is 5.75 Å². The summed E-state index contributed by atoms with van der Waals surface area (Å²) in [5.74, 6) is 0.385. The lowest BCUT2D eigenvalue weighted by Gasteiger charge is -1.98. The van der Waals surface area contributed by atoms with Gasteiger partial charge in [-0.15, -0.1) is 0 Å². The first kappa shape index (κ1) is 18.4. The highest BCUT2D eigenvalue weighted by atomic mass is 32.2. The SMILES string of the molecule is CC.CC.Cc1cnc(CCS(N)(=O)=O)nc1. The molecule has 0 radical (unpaired) electrons. The number of hydrogen-bond donors (Lipinski definition) is 1. The van der Waals surface area contributed by atoms with Crippen molar-refractivity contribution in [3.8, 4) is 0 Å². The fourth-order valence-corrected chi connectivity index (χ4v) is 1.25. The third kappa shape index (κ3) is 11.3. The molecule has 1 aromatic heterocycles. The molecule has 0 fully saturated rings. The van der Waals surface area contributed by atoms with Gasteiger partial charge >= 0.3 is 0 Å². The average molecular weight is 261 g/mol. The summed E-state index contributed by atoms with van der Waals surface area (Å²) in [4.78, 5) is 7.90. The molecule has 6 heteroatoms. The summed E-state index contributed by atoms with van der Waals surface area (Å²) in [5.41, 5.74) is 0.944. The van der Waals surface area contributed by atoms with Gasteiger partial charge in [-0.05, 0) is 12.5 Å². The minimum atomic E-state index is -3.41. The molecule has 0 unspecified atom stereocenters. The van der Waals surface area contributed by atoms with Crippen LogP contribution in [0.3, 0.4) is 0 Å². The average Bonchev–Trinajstić information content (AvgIpc) is 2.33. The van der Waals surface area contributed by atoms with Gasteiger partial charge in [-0.1, -0.05) is 27.7 Å². The number of rotatable bonds is 3. The van der Waals surface area contributed by atoms with Gasteiger partial charge in [0.05, 0.1) is 5.75 Å². The second-order valence-corrected chi connectivity index (χ2v) is 4.53. The number of nitrogens with zero attached hydrogens (tertiary/aromatic N) is 2. The van der Waals surface area contributed by atoms with Crippen LogP contribution in [0.25, 0.3) is 0 Å². The lowest BCUT2D eigenvalue weighted by atomic mass is 10.4. The van der Waals surface area contributed by atoms with Crippen molar-refractivity contribution in [1.82, 2.24) is 9.97 Å². The lowest BCUT2D eigenvalue weighted by Crippen LogP contribution is -2.18. The Hall–Kier alpha value is -1.01. The van der Waals surface area contributed by atoms with Gasteiger partial charge in [0.2, 0.25) is 10.0 Å². The van der Waals surface area contributed by atoms with Gasteiger partial charge in [-0.3, -0.25) is 0 Å². The number of primary sulfonamides is 1. The minimum absolute atomic E-state index is 0.115. The number of aromatic nitrogens is 2. The zero-order chi connectivity index (χ0) is 13.9. The molecule has 0 aliphatic rings. The van der Waals surface area contributed by atoms with Crippen LogP contribution >= 0.6 is 0 Å². The quantitative estimate of drug-likeness (QED) is 0.896. The van der Waals surface area contributed by atoms with Crippen molar-refractivity contribution in [1.29, 1.82) is 0 Å². The van der Waals surface area contributed by atoms with E-state index < -0.39 is 10.0 Å². The van der Waals surface area contributed by atoms with Crippen molar-refractivity contribution in [2.24, 2.45) is 5.14 Å². The summed E-state index contributed by atoms with van der Waals surface area (Å²) in [6.45, 7) is 9.86. The van der Waals surface area contributed by atoms with Gasteiger partial charge in [0, 0.05) is 18.8 Å². The molecular formula is C11H23N3O2S. The molecule has 17 heavy (non-hydrogen) atoms. The van der Waals surface area contributed by atoms with Crippen molar-refractivity contribution >= 4 is 10.0 Å². The van der Waals surface area contributed by atoms with Gasteiger partial charge in [0.1, 0.15) is 5.82 Å². The van der Waals surface area contributed by atoms with Gasteiger partial charge in [0.25, 0.3) is 0 Å². The Morgan fingerprint density at radius 2 is 1.53 bits per heavy atom. The maximum Gasteiger partial charge on any atom is 0.209 e. The molecule has 1 rings (SSSR count). The Labute approximate surface area is 105 Å². The van der Waals surface area contributed by atoms with E-state index in [1.54, 1.807) is 12.4 Å². The number of nitrogens with two attached hydrogens (primary N) is 1. The van der Waals surface area contributed by atoms with E-state index in [0.29, 0.717) is 5.82 Å². The molecule has 0 amide bonds. The van der Waals surface area contributed by atoms with Crippen molar-refractivity contribution < 1.29 is 8.42 Å². The summed E-state index contributed by atoms with van der Waals surface area (Å²) in [6, 6.07) is 0. The predicted octanol–water partition coefficient (Wildman–Crippen LogP) is 1.67. The highest BCUT2D eigenvalue weighted by Crippen LogP contribution is 1.95. The normalized spacial score (nSPS) is 9.53. The van der Waals surface area contributed by atoms with Crippen LogP contribution in [0.5, 0.6) is 0 Å². The molecule has 0 saturated heterocycles. The van der Waals surface area contributed by atoms with Crippen molar-refractivity contribution in [3.05, 3.63) is 23.8 Å². The lowest BCUT2D eigenvalue weighted by molar-refractivity contribution is 0.596. The van der Waals surface area contributed by atoms with E-state index in [0.717, 1.165) is 5.56 Å². The summed E-state index contributed by atoms with van der Waals surface area (Å²) >= 11 is 0. The van der Waals surface area contributed by atoms with Crippen LogP contribution in [0.4, 0.5) is 0 Å². The molecular weight excluding hydrogens is 238 g/mol. The maximum atomic E-state index is 10.6. The summed E-state index contributed by atoms with van der Waals surface area (Å²) in [5, 5.41) is 4.83. The van der Waals surface area contributed by atoms with E-state index >= 15 is 0 Å². The summed E-state index contributed by atoms with van der Waals surface area (Å²) < 4.78 is 21.2. The minimum Gasteiger partial charge on any atom is -0.241 e. The molecule has 0 aliphatic carbocycles. The van der Waals surface area contributed by atoms with E-state index in [1.165, 1.54) is 0 Å². The Bertz CT molecular complexity index is 374. The summed E-state index contributed by atoms with van der Waals surface area (Å²) in [7, 11) is -3.41. The van der Waals surface area contributed by atoms with E-state index in [9.17, 15) is 8.42 Å². The third-order valence-corrected chi connectivity index (χ3v) is 2.22. The molecule has 0 spiro atoms. The van der Waals surface area contributed by atoms with Crippen LogP contribution in [-0.2, 0) is 16.4 Å². The van der Waals surface area contributed by atoms with Gasteiger partial charge in [-0.2, -0.15) is 0 Å². The Morgan fingerprint density at radius 1 is 1.12 bits per heavy atom. The first-order valence-corrected chi connectivity index (χ1v) is 7.47. The first-order chi connectivity index (χ1) is 7.97. The van der Waals surface area contributed by atoms with Crippen LogP contribution in [-0.4, -0.2) is 24.1 Å². The van der Waals surface area contributed by atoms with Crippen LogP contribution in [0, 0.1) is 6.92 Å². The fraction of sp³-hybridized carbons (Fsp3) is 0.636. The Kier molecular flexibility index (Phi) is 11.0. The largest absolute Gasteiger partial charge is 0.241 e. The topological polar surface area (TPSA) is 85.9 Å². The molecule has 0 bridgehead atoms. The van der Waals surface area contributed by atoms with Crippen molar-refractivity contribution in [3.63, 3.8) is 0 Å². The second kappa shape index (κ2) is 10.2. The van der Waals surface area contributed by atoms with Crippen LogP contribution in [0.15, 0.2) is 12.4 Å². The fourth-order valence-electron chi connectivity index (χ4n) is 0.782. The standard InChI is InChI=1S/C7H11N3O2S.2C2H6/c1-6-4-9-7(10-5-6)2-3-13(8,11)12;2*1-2/h4-5H,2-3H2,1H3,(H2,8,11,12);2*1-2H3. The highest BCUT2D eigenvalue weighted by Gasteiger charge is 2.04. The van der Waals surface area contributed by atoms with Crippen molar-refractivity contribution in [2.45, 2.75) is 41.0 Å². The van der Waals surface area contributed by atoms with Gasteiger partial charge in [-0.25, -0.2) is 23.5 Å². The molecule has 1 aromatic rings. The van der Waals surface area contributed by atoms with Crippen LogP contribution < -0.4 is 5.14 Å². The summed E-state index contributed by atoms with van der Waals surface area (Å²) in [6.07, 6.45) is 3.55. The zero-order valence-corrected chi connectivity index (χ0v) is 12.1. The molecule has 0 saturated carbocycles. The van der Waals surface area contributed by atoms with E-state index in [2.05, 4.69) is 9.97 Å². The number of hydrogen-bond acceptors (Lipinski definition) is 4. The maximum absolute atomic E-state index is 10.6.